The molecule has 0 saturated carbocycles. The average molecular weight is 425 g/mol. The van der Waals surface area contributed by atoms with Crippen molar-refractivity contribution in [3.63, 3.8) is 0 Å². The van der Waals surface area contributed by atoms with Crippen molar-refractivity contribution >= 4 is 39.7 Å². The summed E-state index contributed by atoms with van der Waals surface area (Å²) < 4.78 is 5.43. The summed E-state index contributed by atoms with van der Waals surface area (Å²) in [5.41, 5.74) is 4.15. The Balaban J connectivity index is 1.37. The Morgan fingerprint density at radius 1 is 0.875 bits per heavy atom. The number of nitrogens with zero attached hydrogens (tertiary/aromatic N) is 3. The van der Waals surface area contributed by atoms with E-state index in [0.29, 0.717) is 11.4 Å². The molecule has 0 radical (unpaired) electrons. The van der Waals surface area contributed by atoms with E-state index in [1.807, 2.05) is 54.6 Å². The zero-order valence-electron chi connectivity index (χ0n) is 17.5. The summed E-state index contributed by atoms with van der Waals surface area (Å²) in [6.45, 7) is 3.31. The Morgan fingerprint density at radius 3 is 2.44 bits per heavy atom. The van der Waals surface area contributed by atoms with Crippen molar-refractivity contribution in [2.75, 3.05) is 41.8 Å². The van der Waals surface area contributed by atoms with Crippen molar-refractivity contribution in [3.8, 4) is 0 Å². The molecule has 0 bridgehead atoms. The molecule has 0 spiro atoms. The van der Waals surface area contributed by atoms with Crippen LogP contribution in [0.5, 0.6) is 0 Å². The van der Waals surface area contributed by atoms with Crippen LogP contribution in [0.25, 0.3) is 10.9 Å². The summed E-state index contributed by atoms with van der Waals surface area (Å²) in [4.78, 5) is 23.8. The molecule has 3 aromatic carbocycles. The number of hydrogen-bond donors (Lipinski definition) is 2. The Morgan fingerprint density at radius 2 is 1.66 bits per heavy atom. The fourth-order valence-corrected chi connectivity index (χ4v) is 3.74. The van der Waals surface area contributed by atoms with Gasteiger partial charge in [-0.05, 0) is 54.6 Å². The number of carbonyl (C=O) groups excluding carboxylic acids is 1. The smallest absolute Gasteiger partial charge is 0.255 e. The van der Waals surface area contributed by atoms with Crippen molar-refractivity contribution in [1.82, 2.24) is 9.97 Å². The van der Waals surface area contributed by atoms with E-state index in [-0.39, 0.29) is 5.91 Å². The summed E-state index contributed by atoms with van der Waals surface area (Å²) in [7, 11) is 0. The van der Waals surface area contributed by atoms with E-state index in [1.165, 1.54) is 12.0 Å². The normalized spacial score (nSPS) is 13.7. The van der Waals surface area contributed by atoms with Gasteiger partial charge in [0.25, 0.3) is 5.91 Å². The molecular weight excluding hydrogens is 402 g/mol. The molecule has 2 heterocycles. The molecule has 1 aromatic heterocycles. The number of rotatable bonds is 5. The molecule has 7 nitrogen and oxygen atoms in total. The van der Waals surface area contributed by atoms with Gasteiger partial charge in [-0.25, -0.2) is 9.97 Å². The van der Waals surface area contributed by atoms with Crippen LogP contribution in [0.4, 0.5) is 22.9 Å². The van der Waals surface area contributed by atoms with Crippen LogP contribution in [-0.4, -0.2) is 42.2 Å². The van der Waals surface area contributed by atoms with E-state index in [1.54, 1.807) is 6.07 Å². The zero-order chi connectivity index (χ0) is 21.8. The standard InChI is InChI=1S/C25H23N5O2/c31-25(29-19-4-2-1-3-5-19)18-6-11-23-22(16-18)24(27-17-26-23)28-20-7-9-21(10-8-20)30-12-14-32-15-13-30/h1-11,16-17H,12-15H2,(H,29,31)(H,26,27,28). The number of anilines is 4. The van der Waals surface area contributed by atoms with Crippen LogP contribution >= 0.6 is 0 Å². The van der Waals surface area contributed by atoms with Gasteiger partial charge in [0.1, 0.15) is 12.1 Å². The molecule has 1 aliphatic heterocycles. The largest absolute Gasteiger partial charge is 0.378 e. The van der Waals surface area contributed by atoms with Crippen LogP contribution in [0.3, 0.4) is 0 Å². The second-order valence-corrected chi connectivity index (χ2v) is 7.55. The molecule has 2 N–H and O–H groups in total. The monoisotopic (exact) mass is 425 g/mol. The van der Waals surface area contributed by atoms with Gasteiger partial charge in [0, 0.05) is 41.1 Å². The second kappa shape index (κ2) is 9.03. The number of amides is 1. The van der Waals surface area contributed by atoms with Crippen molar-refractivity contribution in [2.24, 2.45) is 0 Å². The third-order valence-electron chi connectivity index (χ3n) is 5.44. The molecule has 160 valence electrons. The minimum Gasteiger partial charge on any atom is -0.378 e. The van der Waals surface area contributed by atoms with Gasteiger partial charge in [0.05, 0.1) is 18.7 Å². The van der Waals surface area contributed by atoms with Crippen LogP contribution < -0.4 is 15.5 Å². The summed E-state index contributed by atoms with van der Waals surface area (Å²) >= 11 is 0. The van der Waals surface area contributed by atoms with Crippen molar-refractivity contribution in [2.45, 2.75) is 0 Å². The molecule has 1 saturated heterocycles. The maximum absolute atomic E-state index is 12.7. The van der Waals surface area contributed by atoms with Gasteiger partial charge in [-0.15, -0.1) is 0 Å². The van der Waals surface area contributed by atoms with E-state index in [9.17, 15) is 4.79 Å². The van der Waals surface area contributed by atoms with E-state index in [2.05, 4.69) is 37.6 Å². The number of fused-ring (bicyclic) bond motifs is 1. The Kier molecular flexibility index (Phi) is 5.63. The molecular formula is C25H23N5O2. The van der Waals surface area contributed by atoms with E-state index in [4.69, 9.17) is 4.74 Å². The predicted octanol–water partition coefficient (Wildman–Crippen LogP) is 4.46. The first kappa shape index (κ1) is 20.0. The lowest BCUT2D eigenvalue weighted by Gasteiger charge is -2.28. The van der Waals surface area contributed by atoms with Crippen LogP contribution in [-0.2, 0) is 4.74 Å². The molecule has 0 unspecified atom stereocenters. The van der Waals surface area contributed by atoms with Gasteiger partial charge in [0.15, 0.2) is 0 Å². The highest BCUT2D eigenvalue weighted by Gasteiger charge is 2.13. The van der Waals surface area contributed by atoms with E-state index < -0.39 is 0 Å². The van der Waals surface area contributed by atoms with Crippen LogP contribution in [0.1, 0.15) is 10.4 Å². The number of ether oxygens (including phenoxy) is 1. The van der Waals surface area contributed by atoms with Crippen LogP contribution in [0.2, 0.25) is 0 Å². The van der Waals surface area contributed by atoms with Gasteiger partial charge < -0.3 is 20.3 Å². The van der Waals surface area contributed by atoms with Crippen molar-refractivity contribution < 1.29 is 9.53 Å². The third-order valence-corrected chi connectivity index (χ3v) is 5.44. The fraction of sp³-hybridized carbons (Fsp3) is 0.160. The minimum atomic E-state index is -0.178. The Labute approximate surface area is 186 Å². The molecule has 5 rings (SSSR count). The second-order valence-electron chi connectivity index (χ2n) is 7.55. The van der Waals surface area contributed by atoms with Crippen LogP contribution in [0, 0.1) is 0 Å². The van der Waals surface area contributed by atoms with Gasteiger partial charge >= 0.3 is 0 Å². The first-order chi connectivity index (χ1) is 15.8. The zero-order valence-corrected chi connectivity index (χ0v) is 17.5. The lowest BCUT2D eigenvalue weighted by atomic mass is 10.1. The van der Waals surface area contributed by atoms with Gasteiger partial charge in [-0.3, -0.25) is 4.79 Å². The highest BCUT2D eigenvalue weighted by Crippen LogP contribution is 2.26. The number of morpholine rings is 1. The first-order valence-corrected chi connectivity index (χ1v) is 10.6. The highest BCUT2D eigenvalue weighted by molar-refractivity contribution is 6.07. The Bertz CT molecular complexity index is 1220. The quantitative estimate of drug-likeness (QED) is 0.491. The van der Waals surface area contributed by atoms with E-state index in [0.717, 1.165) is 48.6 Å². The lowest BCUT2D eigenvalue weighted by Crippen LogP contribution is -2.36. The fourth-order valence-electron chi connectivity index (χ4n) is 3.74. The summed E-state index contributed by atoms with van der Waals surface area (Å²) in [6.07, 6.45) is 1.52. The number of nitrogens with one attached hydrogen (secondary N) is 2. The molecule has 0 atom stereocenters. The predicted molar refractivity (Wildman–Crippen MR) is 127 cm³/mol. The molecule has 1 fully saturated rings. The summed E-state index contributed by atoms with van der Waals surface area (Å²) in [6, 6.07) is 23.1. The van der Waals surface area contributed by atoms with Gasteiger partial charge in [-0.1, -0.05) is 18.2 Å². The summed E-state index contributed by atoms with van der Waals surface area (Å²) in [5.74, 6) is 0.478. The molecule has 7 heteroatoms. The molecule has 1 aliphatic rings. The van der Waals surface area contributed by atoms with Gasteiger partial charge in [0.2, 0.25) is 0 Å². The number of benzene rings is 3. The number of hydrogen-bond acceptors (Lipinski definition) is 6. The summed E-state index contributed by atoms with van der Waals surface area (Å²) in [5, 5.41) is 7.07. The maximum Gasteiger partial charge on any atom is 0.255 e. The average Bonchev–Trinajstić information content (AvgIpc) is 2.85. The maximum atomic E-state index is 12.7. The van der Waals surface area contributed by atoms with Gasteiger partial charge in [-0.2, -0.15) is 0 Å². The molecule has 1 amide bonds. The molecule has 0 aliphatic carbocycles. The first-order valence-electron chi connectivity index (χ1n) is 10.6. The van der Waals surface area contributed by atoms with Crippen molar-refractivity contribution in [1.29, 1.82) is 0 Å². The number of aromatic nitrogens is 2. The third kappa shape index (κ3) is 4.38. The highest BCUT2D eigenvalue weighted by atomic mass is 16.5. The molecule has 32 heavy (non-hydrogen) atoms. The molecule has 4 aromatic rings. The lowest BCUT2D eigenvalue weighted by molar-refractivity contribution is 0.102. The Hall–Kier alpha value is -3.97. The minimum absolute atomic E-state index is 0.178. The van der Waals surface area contributed by atoms with Crippen LogP contribution in [0.15, 0.2) is 79.1 Å². The van der Waals surface area contributed by atoms with Crippen molar-refractivity contribution in [3.05, 3.63) is 84.7 Å². The number of carbonyl (C=O) groups is 1. The number of para-hydroxylation sites is 1. The van der Waals surface area contributed by atoms with E-state index >= 15 is 0 Å². The SMILES string of the molecule is O=C(Nc1ccccc1)c1ccc2ncnc(Nc3ccc(N4CCOCC4)cc3)c2c1. The topological polar surface area (TPSA) is 79.4 Å².